The zero-order chi connectivity index (χ0) is 22.2. The lowest BCUT2D eigenvalue weighted by atomic mass is 9.93. The monoisotopic (exact) mass is 452 g/mol. The lowest BCUT2D eigenvalue weighted by Crippen LogP contribution is -2.34. The van der Waals surface area contributed by atoms with E-state index in [-0.39, 0.29) is 23.7 Å². The summed E-state index contributed by atoms with van der Waals surface area (Å²) in [5, 5.41) is 4.00. The molecule has 0 amide bonds. The normalized spacial score (nSPS) is 15.8. The van der Waals surface area contributed by atoms with Crippen molar-refractivity contribution < 1.29 is 8.78 Å². The molecule has 0 aliphatic heterocycles. The maximum absolute atomic E-state index is 14.3. The number of rotatable bonds is 5. The van der Waals surface area contributed by atoms with Gasteiger partial charge in [0, 0.05) is 29.2 Å². The van der Waals surface area contributed by atoms with Crippen molar-refractivity contribution >= 4 is 21.6 Å². The Bertz CT molecular complexity index is 1350. The van der Waals surface area contributed by atoms with Gasteiger partial charge < -0.3 is 5.32 Å². The van der Waals surface area contributed by atoms with Crippen LogP contribution < -0.4 is 10.9 Å². The molecule has 5 nitrogen and oxygen atoms in total. The van der Waals surface area contributed by atoms with Crippen molar-refractivity contribution in [3.8, 4) is 0 Å². The number of thiophene rings is 1. The molecule has 1 aliphatic rings. The summed E-state index contributed by atoms with van der Waals surface area (Å²) >= 11 is 1.53. The van der Waals surface area contributed by atoms with Crippen LogP contribution in [0.1, 0.15) is 33.7 Å². The van der Waals surface area contributed by atoms with E-state index in [0.717, 1.165) is 33.8 Å². The number of aromatic nitrogens is 3. The highest BCUT2D eigenvalue weighted by molar-refractivity contribution is 7.18. The van der Waals surface area contributed by atoms with E-state index in [1.807, 2.05) is 18.2 Å². The van der Waals surface area contributed by atoms with Gasteiger partial charge >= 0.3 is 0 Å². The van der Waals surface area contributed by atoms with Crippen LogP contribution in [-0.4, -0.2) is 20.6 Å². The van der Waals surface area contributed by atoms with Crippen molar-refractivity contribution in [1.29, 1.82) is 0 Å². The number of hydrogen-bond acceptors (Lipinski definition) is 5. The molecule has 164 valence electrons. The Morgan fingerprint density at radius 1 is 1.22 bits per heavy atom. The second-order valence-corrected chi connectivity index (χ2v) is 9.24. The van der Waals surface area contributed by atoms with Crippen LogP contribution in [0.3, 0.4) is 0 Å². The first-order chi connectivity index (χ1) is 15.5. The standard InChI is InChI=1S/C24H22F2N4OS/c1-14-5-8-19(25)18(22(14)26)11-28-15-6-7-17-20(10-15)32-23-21(17)24(31)30(13-29-23)12-16-4-2-3-9-27-16/h2-5,8-9,13,15,28H,6-7,10-12H2,1H3. The second-order valence-electron chi connectivity index (χ2n) is 8.16. The fraction of sp³-hybridized carbons (Fsp3) is 0.292. The Kier molecular flexibility index (Phi) is 5.57. The largest absolute Gasteiger partial charge is 0.309 e. The van der Waals surface area contributed by atoms with Crippen molar-refractivity contribution in [2.24, 2.45) is 0 Å². The molecule has 1 N–H and O–H groups in total. The molecule has 0 radical (unpaired) electrons. The summed E-state index contributed by atoms with van der Waals surface area (Å²) in [6, 6.07) is 8.47. The van der Waals surface area contributed by atoms with Crippen LogP contribution in [0.15, 0.2) is 47.7 Å². The van der Waals surface area contributed by atoms with Crippen molar-refractivity contribution in [3.05, 3.63) is 92.1 Å². The molecule has 8 heteroatoms. The molecule has 3 aromatic heterocycles. The van der Waals surface area contributed by atoms with Crippen LogP contribution >= 0.6 is 11.3 Å². The van der Waals surface area contributed by atoms with Gasteiger partial charge in [0.1, 0.15) is 16.5 Å². The van der Waals surface area contributed by atoms with Crippen LogP contribution in [0.4, 0.5) is 8.78 Å². The summed E-state index contributed by atoms with van der Waals surface area (Å²) in [7, 11) is 0. The molecule has 1 unspecified atom stereocenters. The van der Waals surface area contributed by atoms with Crippen LogP contribution in [0.2, 0.25) is 0 Å². The maximum Gasteiger partial charge on any atom is 0.262 e. The molecule has 0 saturated heterocycles. The summed E-state index contributed by atoms with van der Waals surface area (Å²) in [6.07, 6.45) is 5.53. The van der Waals surface area contributed by atoms with Crippen molar-refractivity contribution in [1.82, 2.24) is 19.9 Å². The highest BCUT2D eigenvalue weighted by atomic mass is 32.1. The first-order valence-corrected chi connectivity index (χ1v) is 11.4. The zero-order valence-corrected chi connectivity index (χ0v) is 18.4. The van der Waals surface area contributed by atoms with Crippen LogP contribution in [0, 0.1) is 18.6 Å². The fourth-order valence-electron chi connectivity index (χ4n) is 4.28. The Morgan fingerprint density at radius 3 is 2.91 bits per heavy atom. The summed E-state index contributed by atoms with van der Waals surface area (Å²) in [4.78, 5) is 23.9. The van der Waals surface area contributed by atoms with Crippen LogP contribution in [0.5, 0.6) is 0 Å². The van der Waals surface area contributed by atoms with Gasteiger partial charge in [-0.1, -0.05) is 12.1 Å². The molecular formula is C24H22F2N4OS. The molecule has 4 aromatic rings. The molecule has 0 fully saturated rings. The van der Waals surface area contributed by atoms with Crippen molar-refractivity contribution in [2.45, 2.75) is 45.3 Å². The third-order valence-corrected chi connectivity index (χ3v) is 7.20. The number of benzene rings is 1. The predicted molar refractivity (Wildman–Crippen MR) is 121 cm³/mol. The first-order valence-electron chi connectivity index (χ1n) is 10.6. The Labute approximate surface area is 187 Å². The lowest BCUT2D eigenvalue weighted by molar-refractivity contribution is 0.445. The number of pyridine rings is 1. The summed E-state index contributed by atoms with van der Waals surface area (Å²) in [5.74, 6) is -1.02. The van der Waals surface area contributed by atoms with E-state index < -0.39 is 11.6 Å². The molecule has 0 bridgehead atoms. The summed E-state index contributed by atoms with van der Waals surface area (Å²) < 4.78 is 30.0. The number of aryl methyl sites for hydroxylation is 2. The van der Waals surface area contributed by atoms with Crippen molar-refractivity contribution in [3.63, 3.8) is 0 Å². The first kappa shape index (κ1) is 20.9. The van der Waals surface area contributed by atoms with Gasteiger partial charge in [0.15, 0.2) is 0 Å². The van der Waals surface area contributed by atoms with Gasteiger partial charge in [-0.2, -0.15) is 0 Å². The minimum absolute atomic E-state index is 0.0477. The van der Waals surface area contributed by atoms with E-state index in [0.29, 0.717) is 23.9 Å². The maximum atomic E-state index is 14.3. The molecule has 5 rings (SSSR count). The molecule has 1 atom stereocenters. The zero-order valence-electron chi connectivity index (χ0n) is 17.6. The van der Waals surface area contributed by atoms with Gasteiger partial charge in [0.25, 0.3) is 5.56 Å². The Balaban J connectivity index is 1.37. The average molecular weight is 453 g/mol. The quantitative estimate of drug-likeness (QED) is 0.495. The van der Waals surface area contributed by atoms with Gasteiger partial charge in [0.05, 0.1) is 24.0 Å². The lowest BCUT2D eigenvalue weighted by Gasteiger charge is -2.23. The predicted octanol–water partition coefficient (Wildman–Crippen LogP) is 4.14. The summed E-state index contributed by atoms with van der Waals surface area (Å²) in [5.41, 5.74) is 2.33. The van der Waals surface area contributed by atoms with E-state index in [2.05, 4.69) is 15.3 Å². The van der Waals surface area contributed by atoms with E-state index in [1.54, 1.807) is 24.0 Å². The van der Waals surface area contributed by atoms with Gasteiger partial charge in [0.2, 0.25) is 0 Å². The molecule has 3 heterocycles. The second kappa shape index (κ2) is 8.52. The van der Waals surface area contributed by atoms with Crippen molar-refractivity contribution in [2.75, 3.05) is 0 Å². The smallest absolute Gasteiger partial charge is 0.262 e. The number of nitrogens with one attached hydrogen (secondary N) is 1. The Hall–Kier alpha value is -2.97. The third-order valence-electron chi connectivity index (χ3n) is 6.04. The number of nitrogens with zero attached hydrogens (tertiary/aromatic N) is 3. The highest BCUT2D eigenvalue weighted by Crippen LogP contribution is 2.34. The topological polar surface area (TPSA) is 59.8 Å². The van der Waals surface area contributed by atoms with E-state index in [4.69, 9.17) is 0 Å². The van der Waals surface area contributed by atoms with Gasteiger partial charge in [-0.25, -0.2) is 13.8 Å². The Morgan fingerprint density at radius 2 is 2.09 bits per heavy atom. The number of hydrogen-bond donors (Lipinski definition) is 1. The minimum atomic E-state index is -0.531. The van der Waals surface area contributed by atoms with Gasteiger partial charge in [-0.05, 0) is 55.5 Å². The van der Waals surface area contributed by atoms with E-state index in [1.165, 1.54) is 23.5 Å². The van der Waals surface area contributed by atoms with Gasteiger partial charge in [-0.3, -0.25) is 14.3 Å². The third kappa shape index (κ3) is 3.84. The van der Waals surface area contributed by atoms with Crippen LogP contribution in [0.25, 0.3) is 10.2 Å². The fourth-order valence-corrected chi connectivity index (χ4v) is 5.54. The molecular weight excluding hydrogens is 430 g/mol. The average Bonchev–Trinajstić information content (AvgIpc) is 3.17. The molecule has 32 heavy (non-hydrogen) atoms. The number of halogens is 2. The number of fused-ring (bicyclic) bond motifs is 3. The summed E-state index contributed by atoms with van der Waals surface area (Å²) in [6.45, 7) is 2.15. The molecule has 0 spiro atoms. The van der Waals surface area contributed by atoms with E-state index >= 15 is 0 Å². The molecule has 0 saturated carbocycles. The van der Waals surface area contributed by atoms with Gasteiger partial charge in [-0.15, -0.1) is 11.3 Å². The minimum Gasteiger partial charge on any atom is -0.309 e. The van der Waals surface area contributed by atoms with E-state index in [9.17, 15) is 13.6 Å². The van der Waals surface area contributed by atoms with Crippen LogP contribution in [-0.2, 0) is 25.9 Å². The molecule has 1 aromatic carbocycles. The highest BCUT2D eigenvalue weighted by Gasteiger charge is 2.25. The SMILES string of the molecule is Cc1ccc(F)c(CNC2CCc3c(sc4ncn(Cc5ccccn5)c(=O)c34)C2)c1F. The molecule has 1 aliphatic carbocycles.